The molecule has 0 atom stereocenters. The zero-order chi connectivity index (χ0) is 18.0. The van der Waals surface area contributed by atoms with Crippen LogP contribution in [0.5, 0.6) is 0 Å². The number of amides is 1. The monoisotopic (exact) mass is 374 g/mol. The minimum absolute atomic E-state index is 0.259. The van der Waals surface area contributed by atoms with Crippen molar-refractivity contribution in [3.63, 3.8) is 0 Å². The molecule has 0 N–H and O–H groups in total. The third-order valence-electron chi connectivity index (χ3n) is 6.69. The van der Waals surface area contributed by atoms with Gasteiger partial charge in [-0.15, -0.1) is 0 Å². The van der Waals surface area contributed by atoms with Crippen molar-refractivity contribution in [2.45, 2.75) is 56.8 Å². The minimum atomic E-state index is 0.259. The fourth-order valence-electron chi connectivity index (χ4n) is 4.81. The largest absolute Gasteiger partial charge is 0.342 e. The molecule has 142 valence electrons. The Morgan fingerprint density at radius 2 is 1.58 bits per heavy atom. The van der Waals surface area contributed by atoms with Gasteiger partial charge in [-0.25, -0.2) is 0 Å². The normalized spacial score (nSPS) is 24.3. The SMILES string of the molecule is O=C(C1CCN(CC2(c3ccc(Cl)cc3)CC2)CC1)N1CCCCCC1. The third kappa shape index (κ3) is 4.09. The van der Waals surface area contributed by atoms with Crippen molar-refractivity contribution in [1.82, 2.24) is 9.80 Å². The lowest BCUT2D eigenvalue weighted by atomic mass is 9.91. The number of nitrogens with zero attached hydrogens (tertiary/aromatic N) is 2. The van der Waals surface area contributed by atoms with E-state index in [0.29, 0.717) is 11.3 Å². The molecule has 0 spiro atoms. The Bertz CT molecular complexity index is 610. The molecule has 2 aliphatic heterocycles. The molecule has 4 rings (SSSR count). The number of benzene rings is 1. The van der Waals surface area contributed by atoms with E-state index in [0.717, 1.165) is 50.6 Å². The van der Waals surface area contributed by atoms with E-state index < -0.39 is 0 Å². The topological polar surface area (TPSA) is 23.6 Å². The molecule has 1 amide bonds. The van der Waals surface area contributed by atoms with E-state index in [1.807, 2.05) is 12.1 Å². The predicted molar refractivity (Wildman–Crippen MR) is 107 cm³/mol. The van der Waals surface area contributed by atoms with Gasteiger partial charge in [0.15, 0.2) is 0 Å². The molecular formula is C22H31ClN2O. The maximum atomic E-state index is 12.9. The molecule has 4 heteroatoms. The van der Waals surface area contributed by atoms with Crippen LogP contribution >= 0.6 is 11.6 Å². The third-order valence-corrected chi connectivity index (χ3v) is 6.94. The Labute approximate surface area is 162 Å². The molecular weight excluding hydrogens is 344 g/mol. The number of hydrogen-bond donors (Lipinski definition) is 0. The zero-order valence-electron chi connectivity index (χ0n) is 15.8. The lowest BCUT2D eigenvalue weighted by molar-refractivity contribution is -0.137. The van der Waals surface area contributed by atoms with Gasteiger partial charge < -0.3 is 9.80 Å². The maximum absolute atomic E-state index is 12.9. The van der Waals surface area contributed by atoms with Gasteiger partial charge in [0, 0.05) is 36.0 Å². The van der Waals surface area contributed by atoms with Crippen molar-refractivity contribution in [3.8, 4) is 0 Å². The smallest absolute Gasteiger partial charge is 0.225 e. The molecule has 1 saturated carbocycles. The van der Waals surface area contributed by atoms with Gasteiger partial charge in [0.1, 0.15) is 0 Å². The van der Waals surface area contributed by atoms with Crippen molar-refractivity contribution in [3.05, 3.63) is 34.9 Å². The van der Waals surface area contributed by atoms with Gasteiger partial charge in [0.05, 0.1) is 0 Å². The molecule has 3 fully saturated rings. The van der Waals surface area contributed by atoms with E-state index >= 15 is 0 Å². The second kappa shape index (κ2) is 7.90. The average Bonchev–Trinajstić information content (AvgIpc) is 3.47. The van der Waals surface area contributed by atoms with Gasteiger partial charge in [0.25, 0.3) is 0 Å². The molecule has 0 unspecified atom stereocenters. The molecule has 2 heterocycles. The van der Waals surface area contributed by atoms with Gasteiger partial charge in [-0.1, -0.05) is 36.6 Å². The highest BCUT2D eigenvalue weighted by Gasteiger charge is 2.45. The van der Waals surface area contributed by atoms with Crippen LogP contribution in [0.2, 0.25) is 5.02 Å². The maximum Gasteiger partial charge on any atom is 0.225 e. The Balaban J connectivity index is 1.30. The van der Waals surface area contributed by atoms with Crippen LogP contribution in [-0.2, 0) is 10.2 Å². The Kier molecular flexibility index (Phi) is 5.56. The molecule has 2 saturated heterocycles. The minimum Gasteiger partial charge on any atom is -0.342 e. The zero-order valence-corrected chi connectivity index (χ0v) is 16.5. The highest BCUT2D eigenvalue weighted by Crippen LogP contribution is 2.49. The lowest BCUT2D eigenvalue weighted by Gasteiger charge is -2.36. The average molecular weight is 375 g/mol. The van der Waals surface area contributed by atoms with Crippen LogP contribution in [0.3, 0.4) is 0 Å². The summed E-state index contributed by atoms with van der Waals surface area (Å²) < 4.78 is 0. The van der Waals surface area contributed by atoms with Gasteiger partial charge in [-0.2, -0.15) is 0 Å². The molecule has 3 aliphatic rings. The molecule has 26 heavy (non-hydrogen) atoms. The number of halogens is 1. The Morgan fingerprint density at radius 3 is 2.15 bits per heavy atom. The summed E-state index contributed by atoms with van der Waals surface area (Å²) in [6, 6.07) is 8.43. The summed E-state index contributed by atoms with van der Waals surface area (Å²) in [7, 11) is 0. The highest BCUT2D eigenvalue weighted by molar-refractivity contribution is 6.30. The van der Waals surface area contributed by atoms with E-state index in [2.05, 4.69) is 21.9 Å². The van der Waals surface area contributed by atoms with Crippen LogP contribution in [0, 0.1) is 5.92 Å². The van der Waals surface area contributed by atoms with Gasteiger partial charge in [0.2, 0.25) is 5.91 Å². The summed E-state index contributed by atoms with van der Waals surface area (Å²) in [5, 5.41) is 0.817. The van der Waals surface area contributed by atoms with Gasteiger partial charge in [-0.05, 0) is 69.3 Å². The summed E-state index contributed by atoms with van der Waals surface area (Å²) in [4.78, 5) is 17.6. The van der Waals surface area contributed by atoms with E-state index in [1.165, 1.54) is 44.1 Å². The second-order valence-corrected chi connectivity index (χ2v) is 9.01. The molecule has 1 aromatic rings. The van der Waals surface area contributed by atoms with E-state index in [-0.39, 0.29) is 5.92 Å². The first-order valence-corrected chi connectivity index (χ1v) is 10.8. The molecule has 1 aliphatic carbocycles. The van der Waals surface area contributed by atoms with Gasteiger partial charge >= 0.3 is 0 Å². The number of hydrogen-bond acceptors (Lipinski definition) is 2. The van der Waals surface area contributed by atoms with E-state index in [1.54, 1.807) is 0 Å². The summed E-state index contributed by atoms with van der Waals surface area (Å²) in [6.07, 6.45) is 9.58. The van der Waals surface area contributed by atoms with Crippen LogP contribution in [-0.4, -0.2) is 48.4 Å². The predicted octanol–water partition coefficient (Wildman–Crippen LogP) is 4.49. The summed E-state index contributed by atoms with van der Waals surface area (Å²) in [5.74, 6) is 0.695. The van der Waals surface area contributed by atoms with Crippen LogP contribution in [0.25, 0.3) is 0 Å². The van der Waals surface area contributed by atoms with E-state index in [9.17, 15) is 4.79 Å². The van der Waals surface area contributed by atoms with Crippen molar-refractivity contribution < 1.29 is 4.79 Å². The summed E-state index contributed by atoms with van der Waals surface area (Å²) in [6.45, 7) is 5.25. The van der Waals surface area contributed by atoms with Crippen LogP contribution in [0.4, 0.5) is 0 Å². The Hall–Kier alpha value is -1.06. The van der Waals surface area contributed by atoms with Crippen molar-refractivity contribution >= 4 is 17.5 Å². The number of likely N-dealkylation sites (tertiary alicyclic amines) is 2. The standard InChI is InChI=1S/C22H31ClN2O/c23-20-7-5-19(6-8-20)22(11-12-22)17-24-15-9-18(10-16-24)21(26)25-13-3-1-2-4-14-25/h5-8,18H,1-4,9-17H2. The van der Waals surface area contributed by atoms with Crippen molar-refractivity contribution in [1.29, 1.82) is 0 Å². The summed E-state index contributed by atoms with van der Waals surface area (Å²) >= 11 is 6.05. The van der Waals surface area contributed by atoms with Crippen LogP contribution < -0.4 is 0 Å². The molecule has 1 aromatic carbocycles. The molecule has 3 nitrogen and oxygen atoms in total. The quantitative estimate of drug-likeness (QED) is 0.775. The first-order valence-electron chi connectivity index (χ1n) is 10.4. The van der Waals surface area contributed by atoms with Crippen molar-refractivity contribution in [2.24, 2.45) is 5.92 Å². The number of rotatable bonds is 4. The summed E-state index contributed by atoms with van der Waals surface area (Å²) in [5.41, 5.74) is 1.77. The molecule has 0 radical (unpaired) electrons. The van der Waals surface area contributed by atoms with E-state index in [4.69, 9.17) is 11.6 Å². The first-order chi connectivity index (χ1) is 12.7. The van der Waals surface area contributed by atoms with Gasteiger partial charge in [-0.3, -0.25) is 4.79 Å². The fourth-order valence-corrected chi connectivity index (χ4v) is 4.93. The second-order valence-electron chi connectivity index (χ2n) is 8.58. The fraction of sp³-hybridized carbons (Fsp3) is 0.682. The number of carbonyl (C=O) groups excluding carboxylic acids is 1. The molecule has 0 aromatic heterocycles. The molecule has 0 bridgehead atoms. The Morgan fingerprint density at radius 1 is 0.962 bits per heavy atom. The number of piperidine rings is 1. The van der Waals surface area contributed by atoms with Crippen molar-refractivity contribution in [2.75, 3.05) is 32.7 Å². The van der Waals surface area contributed by atoms with Crippen LogP contribution in [0.15, 0.2) is 24.3 Å². The lowest BCUT2D eigenvalue weighted by Crippen LogP contribution is -2.44. The van der Waals surface area contributed by atoms with Crippen LogP contribution in [0.1, 0.15) is 56.9 Å². The highest BCUT2D eigenvalue weighted by atomic mass is 35.5. The number of carbonyl (C=O) groups is 1. The first kappa shape index (κ1) is 18.3.